The molecule has 2 aromatic carbocycles. The molecule has 2 aromatic heterocycles. The number of anilines is 1. The summed E-state index contributed by atoms with van der Waals surface area (Å²) in [6.45, 7) is 5.49. The first-order valence-corrected chi connectivity index (χ1v) is 13.6. The van der Waals surface area contributed by atoms with E-state index in [9.17, 15) is 9.50 Å². The van der Waals surface area contributed by atoms with E-state index in [0.29, 0.717) is 54.1 Å². The number of benzene rings is 2. The van der Waals surface area contributed by atoms with Gasteiger partial charge in [0.25, 0.3) is 0 Å². The quantitative estimate of drug-likeness (QED) is 0.338. The highest BCUT2D eigenvalue weighted by atomic mass is 19.1. The van der Waals surface area contributed by atoms with Crippen molar-refractivity contribution in [2.75, 3.05) is 25.1 Å². The molecule has 9 heteroatoms. The summed E-state index contributed by atoms with van der Waals surface area (Å²) in [6, 6.07) is 6.09. The number of rotatable bonds is 4. The first kappa shape index (κ1) is 26.7. The van der Waals surface area contributed by atoms with Gasteiger partial charge >= 0.3 is 6.01 Å². The summed E-state index contributed by atoms with van der Waals surface area (Å²) < 4.78 is 36.9. The van der Waals surface area contributed by atoms with Crippen molar-refractivity contribution in [3.8, 4) is 47.2 Å². The Morgan fingerprint density at radius 1 is 1.12 bits per heavy atom. The fourth-order valence-electron chi connectivity index (χ4n) is 5.79. The summed E-state index contributed by atoms with van der Waals surface area (Å²) in [5, 5.41) is 15.2. The van der Waals surface area contributed by atoms with E-state index < -0.39 is 11.6 Å². The van der Waals surface area contributed by atoms with E-state index in [-0.39, 0.29) is 45.2 Å². The van der Waals surface area contributed by atoms with Gasteiger partial charge in [0, 0.05) is 42.5 Å². The zero-order valence-corrected chi connectivity index (χ0v) is 23.1. The Bertz CT molecular complexity index is 1790. The number of piperazine rings is 1. The van der Waals surface area contributed by atoms with Crippen LogP contribution in [0.2, 0.25) is 0 Å². The zero-order chi connectivity index (χ0) is 28.8. The van der Waals surface area contributed by atoms with Gasteiger partial charge in [-0.25, -0.2) is 13.8 Å². The molecule has 41 heavy (non-hydrogen) atoms. The number of nitrogens with one attached hydrogen (secondary N) is 1. The normalized spacial score (nSPS) is 18.0. The number of phenols is 1. The van der Waals surface area contributed by atoms with Crippen molar-refractivity contribution in [1.82, 2.24) is 20.3 Å². The number of hydrogen-bond acceptors (Lipinski definition) is 7. The number of nitrogens with zero attached hydrogens (tertiary/aromatic N) is 4. The minimum atomic E-state index is -0.770. The number of methoxy groups -OCH3 is 1. The number of ether oxygens (including phenoxy) is 1. The predicted molar refractivity (Wildman–Crippen MR) is 155 cm³/mol. The molecular weight excluding hydrogens is 524 g/mol. The maximum atomic E-state index is 16.7. The lowest BCUT2D eigenvalue weighted by Gasteiger charge is -2.34. The lowest BCUT2D eigenvalue weighted by Crippen LogP contribution is -2.51. The monoisotopic (exact) mass is 553 g/mol. The number of hydrogen-bond donors (Lipinski definition) is 2. The smallest absolute Gasteiger partial charge is 0.318 e. The highest BCUT2D eigenvalue weighted by Gasteiger charge is 2.35. The molecule has 2 fully saturated rings. The Hall–Kier alpha value is -4.47. The average molecular weight is 554 g/mol. The summed E-state index contributed by atoms with van der Waals surface area (Å²) in [5.41, 5.74) is 0.200. The van der Waals surface area contributed by atoms with Crippen LogP contribution in [-0.4, -0.2) is 52.3 Å². The van der Waals surface area contributed by atoms with Crippen LogP contribution in [0.25, 0.3) is 32.9 Å². The van der Waals surface area contributed by atoms with Gasteiger partial charge in [0.1, 0.15) is 34.3 Å². The molecule has 2 saturated heterocycles. The van der Waals surface area contributed by atoms with Gasteiger partial charge in [-0.05, 0) is 48.3 Å². The van der Waals surface area contributed by atoms with E-state index in [1.165, 1.54) is 31.4 Å². The van der Waals surface area contributed by atoms with Crippen molar-refractivity contribution in [2.45, 2.75) is 45.2 Å². The summed E-state index contributed by atoms with van der Waals surface area (Å²) in [5.74, 6) is 7.96. The lowest BCUT2D eigenvalue weighted by molar-refractivity contribution is 0.380. The predicted octanol–water partition coefficient (Wildman–Crippen LogP) is 5.16. The fraction of sp³-hybridized carbons (Fsp3) is 0.344. The van der Waals surface area contributed by atoms with Gasteiger partial charge in [0.15, 0.2) is 5.82 Å². The van der Waals surface area contributed by atoms with Crippen molar-refractivity contribution in [3.05, 3.63) is 47.2 Å². The number of aromatic hydroxyl groups is 1. The van der Waals surface area contributed by atoms with Crippen LogP contribution in [0.1, 0.15) is 44.4 Å². The first-order valence-electron chi connectivity index (χ1n) is 13.6. The molecule has 4 aromatic rings. The summed E-state index contributed by atoms with van der Waals surface area (Å²) >= 11 is 0. The minimum Gasteiger partial charge on any atom is -0.508 e. The highest BCUT2D eigenvalue weighted by Crippen LogP contribution is 2.40. The van der Waals surface area contributed by atoms with Crippen molar-refractivity contribution in [3.63, 3.8) is 0 Å². The molecule has 2 bridgehead atoms. The van der Waals surface area contributed by atoms with Crippen LogP contribution in [0.15, 0.2) is 24.3 Å². The number of fused-ring (bicyclic) bond motifs is 4. The van der Waals surface area contributed by atoms with Crippen molar-refractivity contribution in [2.24, 2.45) is 5.92 Å². The van der Waals surface area contributed by atoms with Crippen LogP contribution in [-0.2, 0) is 0 Å². The molecule has 0 saturated carbocycles. The molecule has 0 radical (unpaired) electrons. The molecule has 2 unspecified atom stereocenters. The number of terminal acetylenes is 1. The molecule has 2 aliphatic rings. The van der Waals surface area contributed by atoms with E-state index in [2.05, 4.69) is 51.8 Å². The van der Waals surface area contributed by atoms with E-state index >= 15 is 4.39 Å². The Balaban J connectivity index is 1.69. The molecular formula is C32H29F2N5O2. The maximum Gasteiger partial charge on any atom is 0.318 e. The van der Waals surface area contributed by atoms with E-state index in [4.69, 9.17) is 16.1 Å². The van der Waals surface area contributed by atoms with Crippen LogP contribution >= 0.6 is 0 Å². The SMILES string of the molecule is C#Cc1c(F)ccc2cc(O)cc(-c3nc(C#CCC(C)C)c4c(N5CC6CCC(C5)N6)nc(OC)nc4c3F)c12. The molecule has 208 valence electrons. The maximum absolute atomic E-state index is 16.7. The van der Waals surface area contributed by atoms with Gasteiger partial charge in [-0.15, -0.1) is 6.42 Å². The number of phenolic OH excluding ortho intramolecular Hbond substituents is 1. The molecule has 4 heterocycles. The van der Waals surface area contributed by atoms with E-state index in [1.54, 1.807) is 0 Å². The molecule has 2 aliphatic heterocycles. The first-order chi connectivity index (χ1) is 19.8. The summed E-state index contributed by atoms with van der Waals surface area (Å²) in [4.78, 5) is 15.9. The minimum absolute atomic E-state index is 0.00615. The van der Waals surface area contributed by atoms with E-state index in [0.717, 1.165) is 12.8 Å². The molecule has 7 nitrogen and oxygen atoms in total. The molecule has 6 rings (SSSR count). The lowest BCUT2D eigenvalue weighted by atomic mass is 9.95. The van der Waals surface area contributed by atoms with Gasteiger partial charge in [0.2, 0.25) is 0 Å². The van der Waals surface area contributed by atoms with Gasteiger partial charge < -0.3 is 20.1 Å². The Kier molecular flexibility index (Phi) is 6.84. The fourth-order valence-corrected chi connectivity index (χ4v) is 5.79. The molecule has 2 N–H and O–H groups in total. The third-order valence-electron chi connectivity index (χ3n) is 7.61. The molecule has 0 aliphatic carbocycles. The Morgan fingerprint density at radius 2 is 1.88 bits per heavy atom. The Labute approximate surface area is 237 Å². The largest absolute Gasteiger partial charge is 0.508 e. The van der Waals surface area contributed by atoms with Crippen LogP contribution in [0.3, 0.4) is 0 Å². The molecule has 2 atom stereocenters. The third kappa shape index (κ3) is 4.77. The third-order valence-corrected chi connectivity index (χ3v) is 7.61. The standard InChI is InChI=1S/C32H29F2N5O2/c1-5-22-24(33)12-9-18-13-21(40)14-23(26(18)22)29-28(34)30-27(25(36-29)8-6-7-17(2)3)31(38-32(37-30)41-4)39-15-19-10-11-20(16-39)35-19/h1,9,12-14,17,19-20,35,40H,7,10-11,15-16H2,2-4H3. The number of aromatic nitrogens is 3. The molecule has 0 amide bonds. The summed E-state index contributed by atoms with van der Waals surface area (Å²) in [7, 11) is 1.43. The van der Waals surface area contributed by atoms with Crippen LogP contribution in [0, 0.1) is 41.7 Å². The highest BCUT2D eigenvalue weighted by molar-refractivity contribution is 6.04. The van der Waals surface area contributed by atoms with Crippen LogP contribution < -0.4 is 15.0 Å². The van der Waals surface area contributed by atoms with Crippen LogP contribution in [0.5, 0.6) is 11.8 Å². The summed E-state index contributed by atoms with van der Waals surface area (Å²) in [6.07, 6.45) is 8.39. The van der Waals surface area contributed by atoms with Crippen molar-refractivity contribution < 1.29 is 18.6 Å². The van der Waals surface area contributed by atoms with E-state index in [1.807, 2.05) is 0 Å². The topological polar surface area (TPSA) is 83.4 Å². The van der Waals surface area contributed by atoms with Crippen LogP contribution in [0.4, 0.5) is 14.6 Å². The van der Waals surface area contributed by atoms with Gasteiger partial charge in [0.05, 0.1) is 18.1 Å². The zero-order valence-electron chi connectivity index (χ0n) is 23.1. The second-order valence-electron chi connectivity index (χ2n) is 11.0. The second kappa shape index (κ2) is 10.5. The Morgan fingerprint density at radius 3 is 2.56 bits per heavy atom. The van der Waals surface area contributed by atoms with Gasteiger partial charge in [-0.3, -0.25) is 0 Å². The van der Waals surface area contributed by atoms with Crippen molar-refractivity contribution in [1.29, 1.82) is 0 Å². The van der Waals surface area contributed by atoms with Gasteiger partial charge in [-0.2, -0.15) is 9.97 Å². The number of halogens is 2. The second-order valence-corrected chi connectivity index (χ2v) is 11.0. The van der Waals surface area contributed by atoms with Crippen molar-refractivity contribution >= 4 is 27.5 Å². The average Bonchev–Trinajstić information content (AvgIpc) is 3.30. The van der Waals surface area contributed by atoms with Gasteiger partial charge in [-0.1, -0.05) is 31.8 Å². The molecule has 0 spiro atoms. The number of pyridine rings is 1.